The maximum atomic E-state index is 12.3. The van der Waals surface area contributed by atoms with E-state index in [4.69, 9.17) is 0 Å². The number of fused-ring (bicyclic) bond motifs is 2. The van der Waals surface area contributed by atoms with Gasteiger partial charge in [-0.25, -0.2) is 0 Å². The molecule has 0 fully saturated rings. The van der Waals surface area contributed by atoms with Crippen molar-refractivity contribution in [2.75, 3.05) is 0 Å². The number of thioether (sulfide) groups is 1. The number of carbonyl (C=O) groups excluding carboxylic acids is 2. The number of allylic oxidation sites excluding steroid dienone is 3. The van der Waals surface area contributed by atoms with E-state index in [1.165, 1.54) is 0 Å². The fourth-order valence-electron chi connectivity index (χ4n) is 2.20. The average Bonchev–Trinajstić information content (AvgIpc) is 2.49. The Bertz CT molecular complexity index is 558. The van der Waals surface area contributed by atoms with Crippen molar-refractivity contribution in [2.45, 2.75) is 24.0 Å². The second kappa shape index (κ2) is 6.02. The van der Waals surface area contributed by atoms with Gasteiger partial charge >= 0.3 is 0 Å². The van der Waals surface area contributed by atoms with Crippen molar-refractivity contribution in [3.8, 4) is 0 Å². The zero-order chi connectivity index (χ0) is 13.8. The molecule has 2 atom stereocenters. The summed E-state index contributed by atoms with van der Waals surface area (Å²) < 4.78 is 0. The van der Waals surface area contributed by atoms with Gasteiger partial charge in [0.1, 0.15) is 6.29 Å². The zero-order valence-electron chi connectivity index (χ0n) is 11.0. The first-order valence-corrected chi connectivity index (χ1v) is 7.32. The Morgan fingerprint density at radius 2 is 1.95 bits per heavy atom. The molecule has 1 heterocycles. The summed E-state index contributed by atoms with van der Waals surface area (Å²) in [5.74, 6) is -0.0758. The monoisotopic (exact) mass is 272 g/mol. The molecule has 3 rings (SSSR count). The fourth-order valence-corrected chi connectivity index (χ4v) is 3.45. The summed E-state index contributed by atoms with van der Waals surface area (Å²) in [7, 11) is 0. The first kappa shape index (κ1) is 13.8. The molecule has 0 spiro atoms. The van der Waals surface area contributed by atoms with Crippen molar-refractivity contribution in [1.82, 2.24) is 0 Å². The third-order valence-electron chi connectivity index (χ3n) is 3.06. The van der Waals surface area contributed by atoms with Gasteiger partial charge in [0.25, 0.3) is 0 Å². The largest absolute Gasteiger partial charge is 0.298 e. The molecule has 0 saturated carbocycles. The van der Waals surface area contributed by atoms with Crippen molar-refractivity contribution in [1.29, 1.82) is 0 Å². The summed E-state index contributed by atoms with van der Waals surface area (Å²) in [5, 5.41) is 0.126. The van der Waals surface area contributed by atoms with Crippen LogP contribution in [0.1, 0.15) is 24.2 Å². The molecular weight excluding hydrogens is 256 g/mol. The van der Waals surface area contributed by atoms with Crippen LogP contribution in [0.5, 0.6) is 0 Å². The van der Waals surface area contributed by atoms with E-state index >= 15 is 0 Å². The minimum Gasteiger partial charge on any atom is -0.298 e. The summed E-state index contributed by atoms with van der Waals surface area (Å²) in [6.45, 7) is 4.00. The number of hydrogen-bond acceptors (Lipinski definition) is 3. The van der Waals surface area contributed by atoms with Gasteiger partial charge in [0.15, 0.2) is 5.78 Å². The highest BCUT2D eigenvalue weighted by Gasteiger charge is 2.34. The van der Waals surface area contributed by atoms with Gasteiger partial charge in [-0.15, -0.1) is 11.8 Å². The van der Waals surface area contributed by atoms with Gasteiger partial charge in [0, 0.05) is 21.3 Å². The third-order valence-corrected chi connectivity index (χ3v) is 4.39. The van der Waals surface area contributed by atoms with Crippen LogP contribution in [0.4, 0.5) is 0 Å². The molecular formula is C16H16O2S. The van der Waals surface area contributed by atoms with Crippen molar-refractivity contribution in [3.05, 3.63) is 53.6 Å². The number of benzene rings is 1. The highest BCUT2D eigenvalue weighted by atomic mass is 32.2. The summed E-state index contributed by atoms with van der Waals surface area (Å²) in [4.78, 5) is 24.1. The zero-order valence-corrected chi connectivity index (χ0v) is 11.8. The van der Waals surface area contributed by atoms with Gasteiger partial charge in [0.2, 0.25) is 0 Å². The van der Waals surface area contributed by atoms with Crippen LogP contribution in [0.15, 0.2) is 53.0 Å². The van der Waals surface area contributed by atoms with Crippen LogP contribution in [0.2, 0.25) is 0 Å². The van der Waals surface area contributed by atoms with Gasteiger partial charge in [-0.1, -0.05) is 50.3 Å². The lowest BCUT2D eigenvalue weighted by atomic mass is 9.88. The van der Waals surface area contributed by atoms with Crippen LogP contribution < -0.4 is 0 Å². The lowest BCUT2D eigenvalue weighted by molar-refractivity contribution is -0.104. The summed E-state index contributed by atoms with van der Waals surface area (Å²) in [6, 6.07) is 7.65. The quantitative estimate of drug-likeness (QED) is 0.731. The third kappa shape index (κ3) is 2.56. The number of rotatable bonds is 1. The summed E-state index contributed by atoms with van der Waals surface area (Å²) >= 11 is 1.69. The molecule has 1 aliphatic carbocycles. The molecule has 0 aromatic heterocycles. The molecule has 0 amide bonds. The van der Waals surface area contributed by atoms with Gasteiger partial charge < -0.3 is 0 Å². The minimum atomic E-state index is -0.194. The van der Waals surface area contributed by atoms with E-state index < -0.39 is 0 Å². The van der Waals surface area contributed by atoms with Crippen LogP contribution in [0.3, 0.4) is 0 Å². The molecule has 0 bridgehead atoms. The van der Waals surface area contributed by atoms with E-state index in [2.05, 4.69) is 0 Å². The van der Waals surface area contributed by atoms with E-state index in [1.54, 1.807) is 23.9 Å². The van der Waals surface area contributed by atoms with Gasteiger partial charge in [-0.2, -0.15) is 0 Å². The standard InChI is InChI=1S/C14H10O2S.C2H6/c15-8-9-5-6-13-11(7-9)14(16)10-3-1-2-4-12(10)17-13;1-2/h1-8,11,13H;1-2H3. The van der Waals surface area contributed by atoms with Crippen LogP contribution in [0.25, 0.3) is 0 Å². The lowest BCUT2D eigenvalue weighted by Gasteiger charge is -2.29. The first-order valence-electron chi connectivity index (χ1n) is 6.45. The van der Waals surface area contributed by atoms with Crippen molar-refractivity contribution < 1.29 is 9.59 Å². The number of aldehydes is 1. The van der Waals surface area contributed by atoms with Crippen LogP contribution in [-0.2, 0) is 4.79 Å². The Hall–Kier alpha value is -1.61. The van der Waals surface area contributed by atoms with Gasteiger partial charge in [0.05, 0.1) is 5.92 Å². The molecule has 0 radical (unpaired) electrons. The Kier molecular flexibility index (Phi) is 4.38. The number of hydrogen-bond donors (Lipinski definition) is 0. The SMILES string of the molecule is CC.O=CC1=CC2C(=O)c3ccccc3SC2C=C1. The van der Waals surface area contributed by atoms with E-state index in [-0.39, 0.29) is 17.0 Å². The van der Waals surface area contributed by atoms with Gasteiger partial charge in [-0.05, 0) is 6.07 Å². The Morgan fingerprint density at radius 1 is 1.21 bits per heavy atom. The van der Waals surface area contributed by atoms with Crippen molar-refractivity contribution in [3.63, 3.8) is 0 Å². The van der Waals surface area contributed by atoms with E-state index in [0.29, 0.717) is 5.57 Å². The molecule has 2 aliphatic rings. The number of ketones is 1. The molecule has 19 heavy (non-hydrogen) atoms. The summed E-state index contributed by atoms with van der Waals surface area (Å²) in [6.07, 6.45) is 6.32. The maximum absolute atomic E-state index is 12.3. The Balaban J connectivity index is 0.000000637. The molecule has 1 aromatic carbocycles. The molecule has 1 aromatic rings. The Labute approximate surface area is 117 Å². The lowest BCUT2D eigenvalue weighted by Crippen LogP contribution is -2.29. The van der Waals surface area contributed by atoms with E-state index in [9.17, 15) is 9.59 Å². The van der Waals surface area contributed by atoms with Crippen LogP contribution >= 0.6 is 11.8 Å². The normalized spacial score (nSPS) is 23.5. The minimum absolute atomic E-state index is 0.119. The first-order chi connectivity index (χ1) is 9.29. The van der Waals surface area contributed by atoms with E-state index in [0.717, 1.165) is 16.7 Å². The predicted molar refractivity (Wildman–Crippen MR) is 78.5 cm³/mol. The van der Waals surface area contributed by atoms with Crippen molar-refractivity contribution >= 4 is 23.8 Å². The van der Waals surface area contributed by atoms with Gasteiger partial charge in [-0.3, -0.25) is 9.59 Å². The number of Topliss-reactive ketones (excluding diaryl/α,β-unsaturated/α-hetero) is 1. The van der Waals surface area contributed by atoms with E-state index in [1.807, 2.05) is 44.2 Å². The molecule has 1 aliphatic heterocycles. The van der Waals surface area contributed by atoms with Crippen LogP contribution in [-0.4, -0.2) is 17.3 Å². The second-order valence-electron chi connectivity index (χ2n) is 4.11. The highest BCUT2D eigenvalue weighted by molar-refractivity contribution is 8.00. The molecule has 0 saturated heterocycles. The molecule has 0 N–H and O–H groups in total. The topological polar surface area (TPSA) is 34.1 Å². The second-order valence-corrected chi connectivity index (χ2v) is 5.33. The number of carbonyl (C=O) groups is 2. The summed E-state index contributed by atoms with van der Waals surface area (Å²) in [5.41, 5.74) is 1.37. The molecule has 2 nitrogen and oxygen atoms in total. The smallest absolute Gasteiger partial charge is 0.172 e. The molecule has 3 heteroatoms. The van der Waals surface area contributed by atoms with Crippen LogP contribution in [0, 0.1) is 5.92 Å². The van der Waals surface area contributed by atoms with Crippen molar-refractivity contribution in [2.24, 2.45) is 5.92 Å². The Morgan fingerprint density at radius 3 is 2.68 bits per heavy atom. The predicted octanol–water partition coefficient (Wildman–Crippen LogP) is 3.68. The average molecular weight is 272 g/mol. The fraction of sp³-hybridized carbons (Fsp3) is 0.250. The molecule has 98 valence electrons. The molecule has 2 unspecified atom stereocenters. The highest BCUT2D eigenvalue weighted by Crippen LogP contribution is 2.41. The maximum Gasteiger partial charge on any atom is 0.172 e.